The van der Waals surface area contributed by atoms with E-state index >= 15 is 0 Å². The number of hydrogen-bond acceptors (Lipinski definition) is 5. The molecule has 184 valence electrons. The standard InChI is InChI=1S/C26H23ClF3NO3S/c1-3-34-25(32)12-9-18-13-19(35-16-17-7-5-4-6-8-17)10-11-22(18)31-23-15-21(27)20(26(28,29)30)14-24(23)33-2/h4-15,31H,3,16H2,1-2H3/b12-9+. The van der Waals surface area contributed by atoms with E-state index in [0.29, 0.717) is 11.3 Å². The van der Waals surface area contributed by atoms with Crippen molar-refractivity contribution in [2.75, 3.05) is 19.0 Å². The first kappa shape index (κ1) is 26.5. The van der Waals surface area contributed by atoms with Gasteiger partial charge in [0.15, 0.2) is 0 Å². The molecule has 0 aromatic heterocycles. The zero-order chi connectivity index (χ0) is 25.4. The summed E-state index contributed by atoms with van der Waals surface area (Å²) in [4.78, 5) is 12.8. The van der Waals surface area contributed by atoms with Gasteiger partial charge < -0.3 is 14.8 Å². The van der Waals surface area contributed by atoms with Crippen molar-refractivity contribution in [3.63, 3.8) is 0 Å². The first-order valence-electron chi connectivity index (χ1n) is 10.6. The Kier molecular flexibility index (Phi) is 9.12. The molecular formula is C26H23ClF3NO3S. The van der Waals surface area contributed by atoms with Crippen LogP contribution in [0.2, 0.25) is 5.02 Å². The minimum Gasteiger partial charge on any atom is -0.495 e. The van der Waals surface area contributed by atoms with E-state index in [2.05, 4.69) is 5.32 Å². The molecule has 0 atom stereocenters. The van der Waals surface area contributed by atoms with Gasteiger partial charge in [0.2, 0.25) is 0 Å². The van der Waals surface area contributed by atoms with E-state index in [1.807, 2.05) is 42.5 Å². The fraction of sp³-hybridized carbons (Fsp3) is 0.192. The van der Waals surface area contributed by atoms with E-state index in [1.54, 1.807) is 30.8 Å². The molecule has 3 aromatic carbocycles. The molecule has 0 aliphatic heterocycles. The number of thioether (sulfide) groups is 1. The van der Waals surface area contributed by atoms with Crippen LogP contribution in [0.3, 0.4) is 0 Å². The molecule has 0 heterocycles. The highest BCUT2D eigenvalue weighted by Gasteiger charge is 2.34. The number of esters is 1. The van der Waals surface area contributed by atoms with Crippen molar-refractivity contribution >= 4 is 46.8 Å². The molecule has 35 heavy (non-hydrogen) atoms. The molecule has 0 saturated heterocycles. The molecule has 3 aromatic rings. The maximum atomic E-state index is 13.3. The maximum Gasteiger partial charge on any atom is 0.417 e. The minimum absolute atomic E-state index is 0.0235. The van der Waals surface area contributed by atoms with Gasteiger partial charge >= 0.3 is 12.1 Å². The van der Waals surface area contributed by atoms with Crippen LogP contribution in [0.25, 0.3) is 6.08 Å². The fourth-order valence-electron chi connectivity index (χ4n) is 3.15. The number of anilines is 2. The topological polar surface area (TPSA) is 47.6 Å². The van der Waals surface area contributed by atoms with Crippen LogP contribution < -0.4 is 10.1 Å². The molecule has 0 spiro atoms. The van der Waals surface area contributed by atoms with E-state index in [1.165, 1.54) is 19.3 Å². The third-order valence-corrected chi connectivity index (χ3v) is 6.20. The zero-order valence-electron chi connectivity index (χ0n) is 19.0. The summed E-state index contributed by atoms with van der Waals surface area (Å²) in [6.45, 7) is 1.95. The Morgan fingerprint density at radius 1 is 1.09 bits per heavy atom. The number of benzene rings is 3. The first-order chi connectivity index (χ1) is 16.7. The lowest BCUT2D eigenvalue weighted by Gasteiger charge is -2.17. The summed E-state index contributed by atoms with van der Waals surface area (Å²) in [5.41, 5.74) is 1.60. The summed E-state index contributed by atoms with van der Waals surface area (Å²) < 4.78 is 49.9. The highest BCUT2D eigenvalue weighted by molar-refractivity contribution is 7.98. The second-order valence-corrected chi connectivity index (χ2v) is 8.72. The molecule has 1 N–H and O–H groups in total. The third kappa shape index (κ3) is 7.44. The summed E-state index contributed by atoms with van der Waals surface area (Å²) in [5, 5.41) is 2.62. The van der Waals surface area contributed by atoms with E-state index < -0.39 is 22.7 Å². The minimum atomic E-state index is -4.62. The number of nitrogens with one attached hydrogen (secondary N) is 1. The van der Waals surface area contributed by atoms with Crippen molar-refractivity contribution < 1.29 is 27.4 Å². The molecule has 0 amide bonds. The Morgan fingerprint density at radius 3 is 2.49 bits per heavy atom. The number of alkyl halides is 3. The van der Waals surface area contributed by atoms with Crippen molar-refractivity contribution in [2.24, 2.45) is 0 Å². The van der Waals surface area contributed by atoms with E-state index in [0.717, 1.165) is 22.3 Å². The third-order valence-electron chi connectivity index (χ3n) is 4.82. The lowest BCUT2D eigenvalue weighted by atomic mass is 10.1. The molecule has 0 fully saturated rings. The van der Waals surface area contributed by atoms with Crippen LogP contribution in [0, 0.1) is 0 Å². The Morgan fingerprint density at radius 2 is 1.83 bits per heavy atom. The molecule has 0 saturated carbocycles. The Bertz CT molecular complexity index is 1200. The normalized spacial score (nSPS) is 11.5. The van der Waals surface area contributed by atoms with Crippen LogP contribution in [-0.2, 0) is 21.5 Å². The van der Waals surface area contributed by atoms with Gasteiger partial charge in [-0.15, -0.1) is 11.8 Å². The Hall–Kier alpha value is -3.10. The van der Waals surface area contributed by atoms with Gasteiger partial charge in [-0.05, 0) is 54.5 Å². The van der Waals surface area contributed by atoms with Gasteiger partial charge in [-0.25, -0.2) is 4.79 Å². The van der Waals surface area contributed by atoms with Gasteiger partial charge in [-0.3, -0.25) is 0 Å². The van der Waals surface area contributed by atoms with Crippen LogP contribution in [-0.4, -0.2) is 19.7 Å². The van der Waals surface area contributed by atoms with Gasteiger partial charge in [0, 0.05) is 22.4 Å². The first-order valence-corrected chi connectivity index (χ1v) is 11.9. The molecule has 9 heteroatoms. The van der Waals surface area contributed by atoms with Crippen molar-refractivity contribution in [2.45, 2.75) is 23.7 Å². The number of methoxy groups -OCH3 is 1. The molecule has 0 aliphatic carbocycles. The smallest absolute Gasteiger partial charge is 0.417 e. The van der Waals surface area contributed by atoms with E-state index in [-0.39, 0.29) is 18.0 Å². The molecular weight excluding hydrogens is 499 g/mol. The maximum absolute atomic E-state index is 13.3. The van der Waals surface area contributed by atoms with Crippen molar-refractivity contribution in [3.8, 4) is 5.75 Å². The summed E-state index contributed by atoms with van der Waals surface area (Å²) in [7, 11) is 1.28. The SMILES string of the molecule is CCOC(=O)/C=C/c1cc(SCc2ccccc2)ccc1Nc1cc(Cl)c(C(F)(F)F)cc1OC. The van der Waals surface area contributed by atoms with Crippen molar-refractivity contribution in [3.05, 3.63) is 88.5 Å². The molecule has 0 unspecified atom stereocenters. The van der Waals surface area contributed by atoms with Gasteiger partial charge in [0.25, 0.3) is 0 Å². The highest BCUT2D eigenvalue weighted by atomic mass is 35.5. The highest BCUT2D eigenvalue weighted by Crippen LogP contribution is 2.41. The Balaban J connectivity index is 1.94. The summed E-state index contributed by atoms with van der Waals surface area (Å²) >= 11 is 7.53. The van der Waals surface area contributed by atoms with Crippen LogP contribution in [0.4, 0.5) is 24.5 Å². The van der Waals surface area contributed by atoms with Gasteiger partial charge in [0.1, 0.15) is 5.75 Å². The predicted molar refractivity (Wildman–Crippen MR) is 134 cm³/mol. The largest absolute Gasteiger partial charge is 0.495 e. The van der Waals surface area contributed by atoms with Gasteiger partial charge in [-0.1, -0.05) is 41.9 Å². The number of carbonyl (C=O) groups excluding carboxylic acids is 1. The van der Waals surface area contributed by atoms with E-state index in [9.17, 15) is 18.0 Å². The number of hydrogen-bond donors (Lipinski definition) is 1. The van der Waals surface area contributed by atoms with Crippen LogP contribution in [0.15, 0.2) is 71.6 Å². The monoisotopic (exact) mass is 521 g/mol. The Labute approximate surface area is 211 Å². The fourth-order valence-corrected chi connectivity index (χ4v) is 4.32. The van der Waals surface area contributed by atoms with Crippen LogP contribution >= 0.6 is 23.4 Å². The van der Waals surface area contributed by atoms with E-state index in [4.69, 9.17) is 21.1 Å². The van der Waals surface area contributed by atoms with Crippen LogP contribution in [0.1, 0.15) is 23.6 Å². The number of carbonyl (C=O) groups is 1. The zero-order valence-corrected chi connectivity index (χ0v) is 20.6. The second kappa shape index (κ2) is 12.0. The number of rotatable bonds is 9. The van der Waals surface area contributed by atoms with Gasteiger partial charge in [-0.2, -0.15) is 13.2 Å². The number of ether oxygens (including phenoxy) is 2. The molecule has 3 rings (SSSR count). The van der Waals surface area contributed by atoms with Gasteiger partial charge in [0.05, 0.1) is 30.0 Å². The molecule has 4 nitrogen and oxygen atoms in total. The number of halogens is 4. The quantitative estimate of drug-likeness (QED) is 0.176. The molecule has 0 bridgehead atoms. The average Bonchev–Trinajstić information content (AvgIpc) is 2.82. The summed E-state index contributed by atoms with van der Waals surface area (Å²) in [6, 6.07) is 17.5. The van der Waals surface area contributed by atoms with Crippen LogP contribution in [0.5, 0.6) is 5.75 Å². The lowest BCUT2D eigenvalue weighted by Crippen LogP contribution is -2.07. The second-order valence-electron chi connectivity index (χ2n) is 7.26. The van der Waals surface area contributed by atoms with Crippen molar-refractivity contribution in [1.29, 1.82) is 0 Å². The lowest BCUT2D eigenvalue weighted by molar-refractivity contribution is -0.138. The molecule has 0 aliphatic rings. The summed E-state index contributed by atoms with van der Waals surface area (Å²) in [6.07, 6.45) is -1.73. The average molecular weight is 522 g/mol. The predicted octanol–water partition coefficient (Wildman–Crippen LogP) is 7.98. The molecule has 0 radical (unpaired) electrons. The van der Waals surface area contributed by atoms with Crippen molar-refractivity contribution in [1.82, 2.24) is 0 Å². The summed E-state index contributed by atoms with van der Waals surface area (Å²) in [5.74, 6) is 0.220.